The number of nitrogens with zero attached hydrogens (tertiary/aromatic N) is 2. The molecule has 0 heterocycles. The molecular weight excluding hydrogens is 386 g/mol. The lowest BCUT2D eigenvalue weighted by atomic mass is 10.1. The quantitative estimate of drug-likeness (QED) is 0.638. The highest BCUT2D eigenvalue weighted by Crippen LogP contribution is 2.16. The van der Waals surface area contributed by atoms with E-state index in [0.717, 1.165) is 0 Å². The van der Waals surface area contributed by atoms with Crippen molar-refractivity contribution < 1.29 is 23.9 Å². The van der Waals surface area contributed by atoms with Gasteiger partial charge in [-0.05, 0) is 44.2 Å². The van der Waals surface area contributed by atoms with Crippen LogP contribution in [0.1, 0.15) is 29.8 Å². The van der Waals surface area contributed by atoms with Crippen molar-refractivity contribution in [1.29, 1.82) is 5.26 Å². The zero-order valence-corrected chi connectivity index (χ0v) is 16.9. The fourth-order valence-electron chi connectivity index (χ4n) is 2.63. The van der Waals surface area contributed by atoms with Gasteiger partial charge >= 0.3 is 5.97 Å². The van der Waals surface area contributed by atoms with Crippen molar-refractivity contribution in [2.45, 2.75) is 13.8 Å². The third-order valence-corrected chi connectivity index (χ3v) is 4.16. The van der Waals surface area contributed by atoms with Crippen LogP contribution in [0.5, 0.6) is 5.75 Å². The summed E-state index contributed by atoms with van der Waals surface area (Å²) in [5.74, 6) is -1.16. The second kappa shape index (κ2) is 11.2. The molecule has 1 N–H and O–H groups in total. The molecule has 156 valence electrons. The van der Waals surface area contributed by atoms with Gasteiger partial charge < -0.3 is 19.7 Å². The van der Waals surface area contributed by atoms with Crippen LogP contribution >= 0.6 is 0 Å². The third kappa shape index (κ3) is 6.34. The number of para-hydroxylation sites is 1. The average Bonchev–Trinajstić information content (AvgIpc) is 2.77. The Bertz CT molecular complexity index is 948. The zero-order chi connectivity index (χ0) is 21.9. The number of amides is 2. The van der Waals surface area contributed by atoms with Crippen molar-refractivity contribution >= 4 is 23.5 Å². The maximum atomic E-state index is 12.4. The van der Waals surface area contributed by atoms with E-state index in [4.69, 9.17) is 14.7 Å². The molecule has 2 aromatic carbocycles. The minimum Gasteiger partial charge on any atom is -0.481 e. The number of benzene rings is 2. The fraction of sp³-hybridized carbons (Fsp3) is 0.273. The van der Waals surface area contributed by atoms with Crippen LogP contribution in [0, 0.1) is 11.3 Å². The van der Waals surface area contributed by atoms with Crippen LogP contribution in [0.25, 0.3) is 0 Å². The first-order valence-electron chi connectivity index (χ1n) is 9.45. The molecule has 8 heteroatoms. The number of anilines is 1. The molecule has 0 bridgehead atoms. The van der Waals surface area contributed by atoms with Crippen molar-refractivity contribution in [3.05, 3.63) is 59.7 Å². The molecule has 0 spiro atoms. The lowest BCUT2D eigenvalue weighted by Crippen LogP contribution is -2.30. The largest absolute Gasteiger partial charge is 0.481 e. The third-order valence-electron chi connectivity index (χ3n) is 4.16. The van der Waals surface area contributed by atoms with Crippen LogP contribution in [0.3, 0.4) is 0 Å². The van der Waals surface area contributed by atoms with Crippen molar-refractivity contribution in [2.24, 2.45) is 0 Å². The Hall–Kier alpha value is -3.86. The molecule has 0 radical (unpaired) electrons. The summed E-state index contributed by atoms with van der Waals surface area (Å²) < 4.78 is 10.1. The molecular formula is C22H23N3O5. The summed E-state index contributed by atoms with van der Waals surface area (Å²) in [5, 5.41) is 11.6. The second-order valence-corrected chi connectivity index (χ2v) is 6.16. The van der Waals surface area contributed by atoms with E-state index in [2.05, 4.69) is 5.32 Å². The van der Waals surface area contributed by atoms with Crippen molar-refractivity contribution in [3.63, 3.8) is 0 Å². The molecule has 30 heavy (non-hydrogen) atoms. The maximum Gasteiger partial charge on any atom is 0.344 e. The molecule has 0 aliphatic rings. The first kappa shape index (κ1) is 22.4. The summed E-state index contributed by atoms with van der Waals surface area (Å²) >= 11 is 0. The highest BCUT2D eigenvalue weighted by molar-refractivity contribution is 5.97. The molecule has 2 aromatic rings. The number of carbonyl (C=O) groups is 3. The molecule has 0 aliphatic carbocycles. The van der Waals surface area contributed by atoms with Gasteiger partial charge in [-0.15, -0.1) is 0 Å². The highest BCUT2D eigenvalue weighted by Gasteiger charge is 2.14. The molecule has 0 fully saturated rings. The van der Waals surface area contributed by atoms with E-state index in [1.807, 2.05) is 19.9 Å². The maximum absolute atomic E-state index is 12.4. The van der Waals surface area contributed by atoms with E-state index in [9.17, 15) is 14.4 Å². The molecule has 2 rings (SSSR count). The van der Waals surface area contributed by atoms with Crippen LogP contribution in [0.2, 0.25) is 0 Å². The van der Waals surface area contributed by atoms with E-state index >= 15 is 0 Å². The molecule has 8 nitrogen and oxygen atoms in total. The first-order chi connectivity index (χ1) is 14.5. The standard InChI is InChI=1S/C22H23N3O5/c1-3-25(4-2)22(28)16-9-7-10-18(12-16)24-20(26)14-30-21(27)15-29-19-11-6-5-8-17(19)13-23/h5-12H,3-4,14-15H2,1-2H3,(H,24,26). The van der Waals surface area contributed by atoms with Gasteiger partial charge in [0.15, 0.2) is 13.2 Å². The van der Waals surface area contributed by atoms with Gasteiger partial charge in [0, 0.05) is 24.3 Å². The molecule has 0 saturated heterocycles. The van der Waals surface area contributed by atoms with Crippen molar-refractivity contribution in [3.8, 4) is 11.8 Å². The van der Waals surface area contributed by atoms with Gasteiger partial charge in [-0.25, -0.2) is 4.79 Å². The number of nitriles is 1. The summed E-state index contributed by atoms with van der Waals surface area (Å²) in [7, 11) is 0. The van der Waals surface area contributed by atoms with Crippen LogP contribution < -0.4 is 10.1 Å². The number of rotatable bonds is 9. The van der Waals surface area contributed by atoms with Gasteiger partial charge in [-0.1, -0.05) is 18.2 Å². The average molecular weight is 409 g/mol. The molecule has 0 saturated carbocycles. The Morgan fingerprint density at radius 2 is 1.77 bits per heavy atom. The van der Waals surface area contributed by atoms with Crippen LogP contribution in [0.15, 0.2) is 48.5 Å². The van der Waals surface area contributed by atoms with Gasteiger partial charge in [0.1, 0.15) is 11.8 Å². The summed E-state index contributed by atoms with van der Waals surface area (Å²) in [6.45, 7) is 4.02. The van der Waals surface area contributed by atoms with E-state index in [-0.39, 0.29) is 11.7 Å². The topological polar surface area (TPSA) is 109 Å². The first-order valence-corrected chi connectivity index (χ1v) is 9.45. The monoisotopic (exact) mass is 409 g/mol. The van der Waals surface area contributed by atoms with E-state index in [1.165, 1.54) is 0 Å². The SMILES string of the molecule is CCN(CC)C(=O)c1cccc(NC(=O)COC(=O)COc2ccccc2C#N)c1. The normalized spacial score (nSPS) is 9.90. The predicted octanol–water partition coefficient (Wildman–Crippen LogP) is 2.60. The minimum atomic E-state index is -0.747. The Kier molecular flexibility index (Phi) is 8.39. The van der Waals surface area contributed by atoms with Gasteiger partial charge in [0.05, 0.1) is 5.56 Å². The second-order valence-electron chi connectivity index (χ2n) is 6.16. The summed E-state index contributed by atoms with van der Waals surface area (Å²) in [6, 6.07) is 15.0. The Labute approximate surface area is 175 Å². The van der Waals surface area contributed by atoms with Crippen molar-refractivity contribution in [1.82, 2.24) is 4.90 Å². The number of ether oxygens (including phenoxy) is 2. The van der Waals surface area contributed by atoms with Crippen LogP contribution in [0.4, 0.5) is 5.69 Å². The minimum absolute atomic E-state index is 0.127. The van der Waals surface area contributed by atoms with Gasteiger partial charge in [0.25, 0.3) is 11.8 Å². The Morgan fingerprint density at radius 1 is 1.03 bits per heavy atom. The number of carbonyl (C=O) groups excluding carboxylic acids is 3. The molecule has 2 amide bonds. The molecule has 0 aromatic heterocycles. The zero-order valence-electron chi connectivity index (χ0n) is 16.9. The van der Waals surface area contributed by atoms with Crippen LogP contribution in [-0.4, -0.2) is 49.0 Å². The van der Waals surface area contributed by atoms with E-state index < -0.39 is 25.1 Å². The number of hydrogen-bond donors (Lipinski definition) is 1. The van der Waals surface area contributed by atoms with Gasteiger partial charge in [-0.3, -0.25) is 9.59 Å². The fourth-order valence-corrected chi connectivity index (χ4v) is 2.63. The molecule has 0 unspecified atom stereocenters. The highest BCUT2D eigenvalue weighted by atomic mass is 16.6. The summed E-state index contributed by atoms with van der Waals surface area (Å²) in [6.07, 6.45) is 0. The van der Waals surface area contributed by atoms with E-state index in [0.29, 0.717) is 29.9 Å². The number of esters is 1. The summed E-state index contributed by atoms with van der Waals surface area (Å²) in [5.41, 5.74) is 1.17. The van der Waals surface area contributed by atoms with Gasteiger partial charge in [0.2, 0.25) is 0 Å². The number of hydrogen-bond acceptors (Lipinski definition) is 6. The van der Waals surface area contributed by atoms with Crippen molar-refractivity contribution in [2.75, 3.05) is 31.6 Å². The molecule has 0 atom stereocenters. The Morgan fingerprint density at radius 3 is 2.47 bits per heavy atom. The van der Waals surface area contributed by atoms with Gasteiger partial charge in [-0.2, -0.15) is 5.26 Å². The molecule has 0 aliphatic heterocycles. The number of nitrogens with one attached hydrogen (secondary N) is 1. The Balaban J connectivity index is 1.84. The summed E-state index contributed by atoms with van der Waals surface area (Å²) in [4.78, 5) is 37.9. The predicted molar refractivity (Wildman–Crippen MR) is 110 cm³/mol. The van der Waals surface area contributed by atoms with Crippen LogP contribution in [-0.2, 0) is 14.3 Å². The van der Waals surface area contributed by atoms with E-state index in [1.54, 1.807) is 53.4 Å². The lowest BCUT2D eigenvalue weighted by molar-refractivity contribution is -0.149. The smallest absolute Gasteiger partial charge is 0.344 e. The lowest BCUT2D eigenvalue weighted by Gasteiger charge is -2.19.